The quantitative estimate of drug-likeness (QED) is 0.828. The second-order valence-electron chi connectivity index (χ2n) is 6.60. The van der Waals surface area contributed by atoms with E-state index in [0.717, 1.165) is 23.0 Å². The molecule has 0 saturated carbocycles. The number of methoxy groups -OCH3 is 1. The Morgan fingerprint density at radius 2 is 1.88 bits per heavy atom. The Bertz CT molecular complexity index is 763. The Hall–Kier alpha value is -2.82. The van der Waals surface area contributed by atoms with Gasteiger partial charge in [0, 0.05) is 12.1 Å². The molecule has 5 heteroatoms. The fourth-order valence-corrected chi connectivity index (χ4v) is 2.44. The standard InChI is InChI=1S/C20H23NO4/c1-20(2,3)25-19(23)21-12-14-7-5-8-15(11-14)17-10-6-9-16(13-22)18(17)24-4/h5-11,13H,12H2,1-4H3,(H,21,23). The largest absolute Gasteiger partial charge is 0.495 e. The third kappa shape index (κ3) is 5.08. The summed E-state index contributed by atoms with van der Waals surface area (Å²) in [6.45, 7) is 5.80. The molecule has 1 N–H and O–H groups in total. The van der Waals surface area contributed by atoms with Gasteiger partial charge in [-0.15, -0.1) is 0 Å². The molecule has 0 fully saturated rings. The van der Waals surface area contributed by atoms with Gasteiger partial charge in [0.1, 0.15) is 11.4 Å². The van der Waals surface area contributed by atoms with Crippen LogP contribution in [0.2, 0.25) is 0 Å². The predicted octanol–water partition coefficient (Wildman–Crippen LogP) is 4.20. The van der Waals surface area contributed by atoms with Gasteiger partial charge >= 0.3 is 6.09 Å². The number of ether oxygens (including phenoxy) is 2. The van der Waals surface area contributed by atoms with Gasteiger partial charge in [-0.1, -0.05) is 30.3 Å². The monoisotopic (exact) mass is 341 g/mol. The molecule has 2 rings (SSSR count). The molecule has 0 aliphatic carbocycles. The van der Waals surface area contributed by atoms with E-state index in [1.807, 2.05) is 57.2 Å². The Morgan fingerprint density at radius 1 is 1.16 bits per heavy atom. The fourth-order valence-electron chi connectivity index (χ4n) is 2.44. The summed E-state index contributed by atoms with van der Waals surface area (Å²) in [5, 5.41) is 2.74. The van der Waals surface area contributed by atoms with Crippen LogP contribution in [0.4, 0.5) is 4.79 Å². The number of aldehydes is 1. The molecule has 0 aliphatic heterocycles. The van der Waals surface area contributed by atoms with Gasteiger partial charge in [0.15, 0.2) is 6.29 Å². The number of carbonyl (C=O) groups excluding carboxylic acids is 2. The summed E-state index contributed by atoms with van der Waals surface area (Å²) in [4.78, 5) is 23.0. The number of benzene rings is 2. The van der Waals surface area contributed by atoms with Gasteiger partial charge < -0.3 is 14.8 Å². The van der Waals surface area contributed by atoms with Crippen molar-refractivity contribution in [3.8, 4) is 16.9 Å². The first-order chi connectivity index (χ1) is 11.8. The normalized spacial score (nSPS) is 10.9. The maximum atomic E-state index is 11.8. The van der Waals surface area contributed by atoms with Crippen LogP contribution in [-0.4, -0.2) is 25.1 Å². The molecule has 0 bridgehead atoms. The van der Waals surface area contributed by atoms with Crippen LogP contribution < -0.4 is 10.1 Å². The second kappa shape index (κ2) is 7.83. The van der Waals surface area contributed by atoms with Crippen molar-refractivity contribution >= 4 is 12.4 Å². The molecule has 1 amide bonds. The van der Waals surface area contributed by atoms with Gasteiger partial charge in [-0.05, 0) is 44.0 Å². The van der Waals surface area contributed by atoms with Crippen molar-refractivity contribution in [3.05, 3.63) is 53.6 Å². The maximum absolute atomic E-state index is 11.8. The van der Waals surface area contributed by atoms with Gasteiger partial charge in [0.05, 0.1) is 12.7 Å². The molecule has 0 atom stereocenters. The summed E-state index contributed by atoms with van der Waals surface area (Å²) in [6.07, 6.45) is 0.314. The van der Waals surface area contributed by atoms with E-state index in [1.165, 1.54) is 0 Å². The van der Waals surface area contributed by atoms with Crippen LogP contribution >= 0.6 is 0 Å². The lowest BCUT2D eigenvalue weighted by atomic mass is 10.00. The van der Waals surface area contributed by atoms with Crippen molar-refractivity contribution in [2.24, 2.45) is 0 Å². The lowest BCUT2D eigenvalue weighted by Crippen LogP contribution is -2.32. The third-order valence-electron chi connectivity index (χ3n) is 3.45. The van der Waals surface area contributed by atoms with Gasteiger partial charge in [0.25, 0.3) is 0 Å². The molecule has 0 radical (unpaired) electrons. The van der Waals surface area contributed by atoms with E-state index in [-0.39, 0.29) is 0 Å². The van der Waals surface area contributed by atoms with Gasteiger partial charge in [-0.2, -0.15) is 0 Å². The van der Waals surface area contributed by atoms with Crippen molar-refractivity contribution in [1.82, 2.24) is 5.32 Å². The highest BCUT2D eigenvalue weighted by atomic mass is 16.6. The summed E-state index contributed by atoms with van der Waals surface area (Å²) >= 11 is 0. The molecular formula is C20H23NO4. The first-order valence-corrected chi connectivity index (χ1v) is 8.02. The number of hydrogen-bond donors (Lipinski definition) is 1. The van der Waals surface area contributed by atoms with Crippen LogP contribution in [-0.2, 0) is 11.3 Å². The fraction of sp³-hybridized carbons (Fsp3) is 0.300. The highest BCUT2D eigenvalue weighted by Crippen LogP contribution is 2.32. The third-order valence-corrected chi connectivity index (χ3v) is 3.45. The van der Waals surface area contributed by atoms with Crippen molar-refractivity contribution in [1.29, 1.82) is 0 Å². The van der Waals surface area contributed by atoms with Crippen molar-refractivity contribution in [2.75, 3.05) is 7.11 Å². The molecular weight excluding hydrogens is 318 g/mol. The number of amides is 1. The zero-order valence-electron chi connectivity index (χ0n) is 15.0. The summed E-state index contributed by atoms with van der Waals surface area (Å²) in [5.41, 5.74) is 2.61. The second-order valence-corrected chi connectivity index (χ2v) is 6.60. The minimum Gasteiger partial charge on any atom is -0.495 e. The molecule has 0 aromatic heterocycles. The van der Waals surface area contributed by atoms with Crippen LogP contribution in [0.1, 0.15) is 36.7 Å². The van der Waals surface area contributed by atoms with Crippen LogP contribution in [0.3, 0.4) is 0 Å². The molecule has 2 aromatic carbocycles. The number of carbonyl (C=O) groups is 2. The van der Waals surface area contributed by atoms with Crippen LogP contribution in [0.5, 0.6) is 5.75 Å². The molecule has 0 unspecified atom stereocenters. The summed E-state index contributed by atoms with van der Waals surface area (Å²) in [6, 6.07) is 13.1. The lowest BCUT2D eigenvalue weighted by molar-refractivity contribution is 0.0523. The van der Waals surface area contributed by atoms with E-state index in [0.29, 0.717) is 17.9 Å². The van der Waals surface area contributed by atoms with Crippen molar-refractivity contribution in [3.63, 3.8) is 0 Å². The maximum Gasteiger partial charge on any atom is 0.407 e. The molecule has 5 nitrogen and oxygen atoms in total. The zero-order chi connectivity index (χ0) is 18.4. The zero-order valence-corrected chi connectivity index (χ0v) is 15.0. The lowest BCUT2D eigenvalue weighted by Gasteiger charge is -2.19. The Morgan fingerprint density at radius 3 is 2.52 bits per heavy atom. The van der Waals surface area contributed by atoms with E-state index in [1.54, 1.807) is 13.2 Å². The molecule has 0 saturated heterocycles. The number of rotatable bonds is 5. The molecule has 0 spiro atoms. The van der Waals surface area contributed by atoms with Crippen molar-refractivity contribution in [2.45, 2.75) is 32.9 Å². The van der Waals surface area contributed by atoms with E-state index < -0.39 is 11.7 Å². The Labute approximate surface area is 148 Å². The first-order valence-electron chi connectivity index (χ1n) is 8.02. The summed E-state index contributed by atoms with van der Waals surface area (Å²) in [7, 11) is 1.54. The van der Waals surface area contributed by atoms with Crippen molar-refractivity contribution < 1.29 is 19.1 Å². The number of para-hydroxylation sites is 1. The average molecular weight is 341 g/mol. The topological polar surface area (TPSA) is 64.6 Å². The average Bonchev–Trinajstić information content (AvgIpc) is 2.58. The number of hydrogen-bond acceptors (Lipinski definition) is 4. The van der Waals surface area contributed by atoms with Crippen LogP contribution in [0.15, 0.2) is 42.5 Å². The number of alkyl carbamates (subject to hydrolysis) is 1. The minimum atomic E-state index is -0.533. The Kier molecular flexibility index (Phi) is 5.80. The molecule has 0 aliphatic rings. The molecule has 25 heavy (non-hydrogen) atoms. The minimum absolute atomic E-state index is 0.346. The first kappa shape index (κ1) is 18.5. The van der Waals surface area contributed by atoms with E-state index in [2.05, 4.69) is 5.32 Å². The highest BCUT2D eigenvalue weighted by Gasteiger charge is 2.16. The van der Waals surface area contributed by atoms with E-state index >= 15 is 0 Å². The van der Waals surface area contributed by atoms with E-state index in [4.69, 9.17) is 9.47 Å². The van der Waals surface area contributed by atoms with E-state index in [9.17, 15) is 9.59 Å². The molecule has 132 valence electrons. The predicted molar refractivity (Wildman–Crippen MR) is 96.9 cm³/mol. The smallest absolute Gasteiger partial charge is 0.407 e. The van der Waals surface area contributed by atoms with Crippen LogP contribution in [0, 0.1) is 0 Å². The summed E-state index contributed by atoms with van der Waals surface area (Å²) in [5.74, 6) is 0.537. The highest BCUT2D eigenvalue weighted by molar-refractivity contribution is 5.86. The van der Waals surface area contributed by atoms with Crippen LogP contribution in [0.25, 0.3) is 11.1 Å². The van der Waals surface area contributed by atoms with Gasteiger partial charge in [0.2, 0.25) is 0 Å². The Balaban J connectivity index is 2.20. The van der Waals surface area contributed by atoms with Gasteiger partial charge in [-0.3, -0.25) is 4.79 Å². The molecule has 2 aromatic rings. The SMILES string of the molecule is COc1c(C=O)cccc1-c1cccc(CNC(=O)OC(C)(C)C)c1. The summed E-state index contributed by atoms with van der Waals surface area (Å²) < 4.78 is 10.6. The van der Waals surface area contributed by atoms with Gasteiger partial charge in [-0.25, -0.2) is 4.79 Å². The molecule has 0 heterocycles. The number of nitrogens with one attached hydrogen (secondary N) is 1.